The number of nitrogens with zero attached hydrogens (tertiary/aromatic N) is 4. The number of aromatic nitrogens is 2. The number of carbonyl (C=O) groups excluding carboxylic acids is 2. The second-order valence-corrected chi connectivity index (χ2v) is 8.16. The largest absolute Gasteiger partial charge is 0.365 e. The van der Waals surface area contributed by atoms with Crippen molar-refractivity contribution in [2.45, 2.75) is 25.4 Å². The van der Waals surface area contributed by atoms with Crippen LogP contribution in [-0.4, -0.2) is 39.6 Å². The number of urea groups is 1. The molecule has 0 radical (unpaired) electrons. The minimum atomic E-state index is -2.78. The lowest BCUT2D eigenvalue weighted by atomic mass is 10.0. The lowest BCUT2D eigenvalue weighted by Gasteiger charge is -2.21. The Morgan fingerprint density at radius 1 is 1.24 bits per heavy atom. The second kappa shape index (κ2) is 9.49. The molecule has 2 heterocycles. The molecule has 8 nitrogen and oxygen atoms in total. The van der Waals surface area contributed by atoms with Crippen molar-refractivity contribution < 1.29 is 18.4 Å². The number of nitriles is 1. The van der Waals surface area contributed by atoms with Crippen molar-refractivity contribution in [2.75, 3.05) is 11.9 Å². The van der Waals surface area contributed by atoms with E-state index in [-0.39, 0.29) is 36.5 Å². The van der Waals surface area contributed by atoms with Gasteiger partial charge in [0.2, 0.25) is 0 Å². The van der Waals surface area contributed by atoms with Gasteiger partial charge < -0.3 is 16.0 Å². The number of rotatable bonds is 4. The molecule has 11 heteroatoms. The fourth-order valence-electron chi connectivity index (χ4n) is 3.90. The smallest absolute Gasteiger partial charge is 0.322 e. The quantitative estimate of drug-likeness (QED) is 0.570. The van der Waals surface area contributed by atoms with Gasteiger partial charge in [0.1, 0.15) is 11.7 Å². The van der Waals surface area contributed by atoms with E-state index in [4.69, 9.17) is 22.6 Å². The lowest BCUT2D eigenvalue weighted by molar-refractivity contribution is 0.0713. The van der Waals surface area contributed by atoms with E-state index < -0.39 is 24.4 Å². The summed E-state index contributed by atoms with van der Waals surface area (Å²) >= 11 is 6.07. The Bertz CT molecular complexity index is 1290. The van der Waals surface area contributed by atoms with E-state index in [0.29, 0.717) is 21.8 Å². The topological polar surface area (TPSA) is 117 Å². The average molecular weight is 485 g/mol. The number of benzene rings is 2. The molecule has 0 spiro atoms. The third kappa shape index (κ3) is 4.56. The third-order valence-electron chi connectivity index (χ3n) is 5.55. The molecule has 4 rings (SSSR count). The van der Waals surface area contributed by atoms with Gasteiger partial charge in [-0.2, -0.15) is 10.4 Å². The summed E-state index contributed by atoms with van der Waals surface area (Å²) in [7, 11) is 0. The van der Waals surface area contributed by atoms with E-state index in [0.717, 1.165) is 4.68 Å². The zero-order chi connectivity index (χ0) is 24.4. The summed E-state index contributed by atoms with van der Waals surface area (Å²) < 4.78 is 29.1. The number of primary amides is 1. The lowest BCUT2D eigenvalue weighted by Crippen LogP contribution is -2.35. The molecule has 0 bridgehead atoms. The predicted octanol–water partition coefficient (Wildman–Crippen LogP) is 4.42. The number of alkyl halides is 2. The van der Waals surface area contributed by atoms with E-state index in [1.54, 1.807) is 48.5 Å². The van der Waals surface area contributed by atoms with Gasteiger partial charge in [-0.05, 0) is 42.8 Å². The Balaban J connectivity index is 1.73. The minimum Gasteiger partial charge on any atom is -0.365 e. The van der Waals surface area contributed by atoms with E-state index in [1.165, 1.54) is 4.90 Å². The maximum atomic E-state index is 14.0. The Morgan fingerprint density at radius 2 is 1.97 bits per heavy atom. The number of anilines is 1. The van der Waals surface area contributed by atoms with Crippen LogP contribution in [0.4, 0.5) is 19.3 Å². The van der Waals surface area contributed by atoms with Gasteiger partial charge in [-0.1, -0.05) is 23.7 Å². The molecule has 3 aromatic rings. The number of nitrogens with one attached hydrogen (secondary N) is 1. The molecule has 3 amide bonds. The van der Waals surface area contributed by atoms with Crippen LogP contribution in [0.1, 0.15) is 34.1 Å². The maximum Gasteiger partial charge on any atom is 0.322 e. The first-order chi connectivity index (χ1) is 16.3. The molecule has 0 saturated carbocycles. The molecular weight excluding hydrogens is 466 g/mol. The van der Waals surface area contributed by atoms with Crippen LogP contribution >= 0.6 is 11.6 Å². The van der Waals surface area contributed by atoms with Crippen LogP contribution in [0, 0.1) is 11.3 Å². The number of carbonyl (C=O) groups is 2. The van der Waals surface area contributed by atoms with Crippen molar-refractivity contribution in [2.24, 2.45) is 5.73 Å². The highest BCUT2D eigenvalue weighted by atomic mass is 35.5. The number of amides is 3. The summed E-state index contributed by atoms with van der Waals surface area (Å²) in [4.78, 5) is 26.7. The molecule has 0 saturated heterocycles. The fraction of sp³-hybridized carbons (Fsp3) is 0.217. The van der Waals surface area contributed by atoms with Crippen molar-refractivity contribution in [3.05, 3.63) is 70.4 Å². The molecule has 1 aromatic heterocycles. The monoisotopic (exact) mass is 484 g/mol. The molecular formula is C23H19ClF2N6O2. The zero-order valence-electron chi connectivity index (χ0n) is 17.7. The summed E-state index contributed by atoms with van der Waals surface area (Å²) in [6.07, 6.45) is -2.87. The number of fused-ring (bicyclic) bond motifs is 1. The van der Waals surface area contributed by atoms with E-state index in [1.807, 2.05) is 6.07 Å². The van der Waals surface area contributed by atoms with Gasteiger partial charge in [0.05, 0.1) is 29.4 Å². The molecule has 0 aliphatic carbocycles. The molecule has 174 valence electrons. The fourth-order valence-corrected chi connectivity index (χ4v) is 4.09. The van der Waals surface area contributed by atoms with Gasteiger partial charge in [-0.25, -0.2) is 13.6 Å². The van der Waals surface area contributed by atoms with E-state index >= 15 is 0 Å². The normalized spacial score (nSPS) is 15.4. The second-order valence-electron chi connectivity index (χ2n) is 7.72. The number of hydrogen-bond acceptors (Lipinski definition) is 4. The number of nitrogens with two attached hydrogens (primary N) is 1. The zero-order valence-corrected chi connectivity index (χ0v) is 18.5. The summed E-state index contributed by atoms with van der Waals surface area (Å²) in [6, 6.07) is 12.8. The minimum absolute atomic E-state index is 0.00514. The van der Waals surface area contributed by atoms with Crippen molar-refractivity contribution in [3.63, 3.8) is 0 Å². The molecule has 1 unspecified atom stereocenters. The summed E-state index contributed by atoms with van der Waals surface area (Å²) in [5.74, 6) is -0.849. The summed E-state index contributed by atoms with van der Waals surface area (Å²) in [5, 5.41) is 16.3. The van der Waals surface area contributed by atoms with Crippen LogP contribution in [0.15, 0.2) is 48.5 Å². The van der Waals surface area contributed by atoms with Crippen LogP contribution in [0.3, 0.4) is 0 Å². The van der Waals surface area contributed by atoms with Crippen LogP contribution in [0.25, 0.3) is 11.3 Å². The molecule has 1 aliphatic heterocycles. The maximum absolute atomic E-state index is 14.0. The third-order valence-corrected chi connectivity index (χ3v) is 5.78. The van der Waals surface area contributed by atoms with Gasteiger partial charge in [0, 0.05) is 22.8 Å². The molecule has 1 atom stereocenters. The Hall–Kier alpha value is -3.97. The molecule has 1 aliphatic rings. The highest BCUT2D eigenvalue weighted by Crippen LogP contribution is 2.34. The van der Waals surface area contributed by atoms with Gasteiger partial charge in [0.15, 0.2) is 0 Å². The van der Waals surface area contributed by atoms with Gasteiger partial charge in [-0.3, -0.25) is 9.48 Å². The highest BCUT2D eigenvalue weighted by Gasteiger charge is 2.35. The summed E-state index contributed by atoms with van der Waals surface area (Å²) in [6.45, 7) is -0.150. The van der Waals surface area contributed by atoms with Crippen molar-refractivity contribution in [1.29, 1.82) is 5.26 Å². The van der Waals surface area contributed by atoms with Crippen molar-refractivity contribution in [3.8, 4) is 17.3 Å². The van der Waals surface area contributed by atoms with Gasteiger partial charge >= 0.3 is 6.03 Å². The first-order valence-corrected chi connectivity index (χ1v) is 10.7. The first-order valence-electron chi connectivity index (χ1n) is 10.3. The molecule has 3 N–H and O–H groups in total. The highest BCUT2D eigenvalue weighted by molar-refractivity contribution is 6.30. The SMILES string of the molecule is N#Cc1ccc(NC(=O)N2CCC(C(F)F)n3nc(-c4cccc(Cl)c4)c(C(N)=O)c3C2)cc1. The number of hydrogen-bond donors (Lipinski definition) is 2. The molecule has 2 aromatic carbocycles. The molecule has 34 heavy (non-hydrogen) atoms. The Kier molecular flexibility index (Phi) is 6.47. The van der Waals surface area contributed by atoms with Crippen LogP contribution < -0.4 is 11.1 Å². The predicted molar refractivity (Wildman–Crippen MR) is 121 cm³/mol. The number of halogens is 3. The Morgan fingerprint density at radius 3 is 2.59 bits per heavy atom. The van der Waals surface area contributed by atoms with E-state index in [9.17, 15) is 18.4 Å². The standard InChI is InChI=1S/C23H19ClF2N6O2/c24-15-3-1-2-14(10-15)20-19(22(28)33)18-12-31(9-8-17(21(25)26)32(18)30-20)23(34)29-16-6-4-13(11-27)5-7-16/h1-7,10,17,21H,8-9,12H2,(H2,28,33)(H,29,34). The van der Waals surface area contributed by atoms with Crippen molar-refractivity contribution >= 4 is 29.2 Å². The molecule has 0 fully saturated rings. The van der Waals surface area contributed by atoms with E-state index in [2.05, 4.69) is 10.4 Å². The average Bonchev–Trinajstić information content (AvgIpc) is 3.07. The van der Waals surface area contributed by atoms with Gasteiger partial charge in [-0.15, -0.1) is 0 Å². The van der Waals surface area contributed by atoms with Crippen LogP contribution in [-0.2, 0) is 6.54 Å². The first kappa shape index (κ1) is 23.2. The Labute approximate surface area is 198 Å². The van der Waals surface area contributed by atoms with Crippen LogP contribution in [0.2, 0.25) is 5.02 Å². The van der Waals surface area contributed by atoms with Crippen molar-refractivity contribution in [1.82, 2.24) is 14.7 Å². The van der Waals surface area contributed by atoms with Gasteiger partial charge in [0.25, 0.3) is 12.3 Å². The van der Waals surface area contributed by atoms with Crippen LogP contribution in [0.5, 0.6) is 0 Å². The summed E-state index contributed by atoms with van der Waals surface area (Å²) in [5.41, 5.74) is 7.17.